The van der Waals surface area contributed by atoms with Crippen LogP contribution in [0.2, 0.25) is 5.02 Å². The van der Waals surface area contributed by atoms with E-state index in [4.69, 9.17) is 17.3 Å². The summed E-state index contributed by atoms with van der Waals surface area (Å²) in [5, 5.41) is 0.675. The average Bonchev–Trinajstić information content (AvgIpc) is 2.75. The van der Waals surface area contributed by atoms with Crippen LogP contribution in [0, 0.1) is 0 Å². The highest BCUT2D eigenvalue weighted by molar-refractivity contribution is 6.31. The lowest BCUT2D eigenvalue weighted by Gasteiger charge is -2.07. The summed E-state index contributed by atoms with van der Waals surface area (Å²) < 4.78 is 2.01. The number of nitrogen functional groups attached to an aromatic ring is 1. The molecule has 0 bridgehead atoms. The molecule has 2 aromatic carbocycles. The molecule has 0 aliphatic carbocycles. The van der Waals surface area contributed by atoms with E-state index in [-0.39, 0.29) is 0 Å². The molecule has 0 unspecified atom stereocenters. The first-order chi connectivity index (χ1) is 9.67. The smallest absolute Gasteiger partial charge is 0.201 e. The molecular formula is C16H16ClN3. The van der Waals surface area contributed by atoms with Crippen LogP contribution >= 0.6 is 11.6 Å². The Morgan fingerprint density at radius 1 is 1.10 bits per heavy atom. The van der Waals surface area contributed by atoms with E-state index in [2.05, 4.69) is 36.2 Å². The first kappa shape index (κ1) is 13.0. The summed E-state index contributed by atoms with van der Waals surface area (Å²) in [6.45, 7) is 2.87. The van der Waals surface area contributed by atoms with Crippen LogP contribution in [-0.4, -0.2) is 9.55 Å². The minimum atomic E-state index is 0.516. The second-order valence-corrected chi connectivity index (χ2v) is 5.30. The van der Waals surface area contributed by atoms with Crippen molar-refractivity contribution in [3.8, 4) is 0 Å². The molecule has 1 aromatic heterocycles. The second-order valence-electron chi connectivity index (χ2n) is 4.86. The second kappa shape index (κ2) is 5.17. The number of rotatable bonds is 3. The van der Waals surface area contributed by atoms with E-state index in [1.807, 2.05) is 22.8 Å². The van der Waals surface area contributed by atoms with Crippen molar-refractivity contribution in [1.82, 2.24) is 9.55 Å². The van der Waals surface area contributed by atoms with Gasteiger partial charge in [-0.05, 0) is 35.7 Å². The molecule has 0 spiro atoms. The largest absolute Gasteiger partial charge is 0.369 e. The Balaban J connectivity index is 1.99. The molecule has 3 nitrogen and oxygen atoms in total. The van der Waals surface area contributed by atoms with Gasteiger partial charge in [0.25, 0.3) is 0 Å². The number of halogens is 1. The van der Waals surface area contributed by atoms with E-state index in [9.17, 15) is 0 Å². The van der Waals surface area contributed by atoms with E-state index >= 15 is 0 Å². The van der Waals surface area contributed by atoms with Crippen LogP contribution in [0.5, 0.6) is 0 Å². The van der Waals surface area contributed by atoms with E-state index in [1.54, 1.807) is 0 Å². The highest BCUT2D eigenvalue weighted by atomic mass is 35.5. The number of benzene rings is 2. The molecule has 4 heteroatoms. The Labute approximate surface area is 123 Å². The van der Waals surface area contributed by atoms with Crippen molar-refractivity contribution >= 4 is 28.6 Å². The van der Waals surface area contributed by atoms with Gasteiger partial charge in [0.2, 0.25) is 5.95 Å². The minimum absolute atomic E-state index is 0.516. The van der Waals surface area contributed by atoms with E-state index in [0.29, 0.717) is 17.5 Å². The molecule has 0 fully saturated rings. The highest BCUT2D eigenvalue weighted by Gasteiger charge is 2.08. The monoisotopic (exact) mass is 285 g/mol. The molecule has 0 radical (unpaired) electrons. The van der Waals surface area contributed by atoms with Gasteiger partial charge < -0.3 is 10.3 Å². The van der Waals surface area contributed by atoms with Crippen LogP contribution in [-0.2, 0) is 13.0 Å². The lowest BCUT2D eigenvalue weighted by atomic mass is 10.1. The van der Waals surface area contributed by atoms with Gasteiger partial charge in [0.1, 0.15) is 0 Å². The van der Waals surface area contributed by atoms with Crippen molar-refractivity contribution in [2.45, 2.75) is 19.9 Å². The Morgan fingerprint density at radius 3 is 2.50 bits per heavy atom. The summed E-state index contributed by atoms with van der Waals surface area (Å²) in [6.07, 6.45) is 1.05. The number of aryl methyl sites for hydroxylation is 1. The number of anilines is 1. The van der Waals surface area contributed by atoms with E-state index < -0.39 is 0 Å². The molecule has 0 aliphatic heterocycles. The normalized spacial score (nSPS) is 11.1. The minimum Gasteiger partial charge on any atom is -0.369 e. The third kappa shape index (κ3) is 2.37. The number of hydrogen-bond acceptors (Lipinski definition) is 2. The maximum atomic E-state index is 6.02. The zero-order chi connectivity index (χ0) is 14.1. The van der Waals surface area contributed by atoms with Gasteiger partial charge in [0, 0.05) is 5.02 Å². The molecule has 2 N–H and O–H groups in total. The van der Waals surface area contributed by atoms with Gasteiger partial charge in [-0.2, -0.15) is 0 Å². The molecule has 3 rings (SSSR count). The number of aromatic nitrogens is 2. The first-order valence-corrected chi connectivity index (χ1v) is 7.04. The van der Waals surface area contributed by atoms with Gasteiger partial charge in [-0.1, -0.05) is 42.8 Å². The third-order valence-electron chi connectivity index (χ3n) is 3.51. The van der Waals surface area contributed by atoms with Crippen LogP contribution in [0.3, 0.4) is 0 Å². The van der Waals surface area contributed by atoms with Gasteiger partial charge in [-0.25, -0.2) is 4.98 Å². The van der Waals surface area contributed by atoms with Crippen molar-refractivity contribution < 1.29 is 0 Å². The standard InChI is InChI=1S/C16H16ClN3/c1-2-11-3-5-12(6-4-11)10-20-15-8-7-13(17)9-14(15)19-16(20)18/h3-9H,2,10H2,1H3,(H2,18,19). The van der Waals surface area contributed by atoms with Gasteiger partial charge in [-0.3, -0.25) is 0 Å². The number of nitrogens with zero attached hydrogens (tertiary/aromatic N) is 2. The summed E-state index contributed by atoms with van der Waals surface area (Å²) in [5.41, 5.74) is 10.4. The van der Waals surface area contributed by atoms with Gasteiger partial charge in [0.15, 0.2) is 0 Å². The number of hydrogen-bond donors (Lipinski definition) is 1. The molecule has 20 heavy (non-hydrogen) atoms. The Bertz CT molecular complexity index is 744. The molecule has 0 amide bonds. The molecule has 1 heterocycles. The fourth-order valence-electron chi connectivity index (χ4n) is 2.35. The maximum Gasteiger partial charge on any atom is 0.201 e. The molecule has 0 atom stereocenters. The van der Waals surface area contributed by atoms with E-state index in [1.165, 1.54) is 11.1 Å². The molecular weight excluding hydrogens is 270 g/mol. The predicted molar refractivity (Wildman–Crippen MR) is 84.1 cm³/mol. The molecule has 3 aromatic rings. The topological polar surface area (TPSA) is 43.8 Å². The lowest BCUT2D eigenvalue weighted by Crippen LogP contribution is -2.04. The summed E-state index contributed by atoms with van der Waals surface area (Å²) in [6, 6.07) is 14.2. The van der Waals surface area contributed by atoms with Crippen LogP contribution in [0.15, 0.2) is 42.5 Å². The zero-order valence-electron chi connectivity index (χ0n) is 11.3. The van der Waals surface area contributed by atoms with Crippen molar-refractivity contribution in [2.75, 3.05) is 5.73 Å². The zero-order valence-corrected chi connectivity index (χ0v) is 12.1. The van der Waals surface area contributed by atoms with Crippen LogP contribution in [0.1, 0.15) is 18.1 Å². The van der Waals surface area contributed by atoms with Crippen molar-refractivity contribution in [3.05, 3.63) is 58.6 Å². The molecule has 0 saturated carbocycles. The van der Waals surface area contributed by atoms with Crippen LogP contribution in [0.4, 0.5) is 5.95 Å². The third-order valence-corrected chi connectivity index (χ3v) is 3.75. The predicted octanol–water partition coefficient (Wildman–Crippen LogP) is 3.88. The van der Waals surface area contributed by atoms with Crippen molar-refractivity contribution in [2.24, 2.45) is 0 Å². The van der Waals surface area contributed by atoms with Gasteiger partial charge >= 0.3 is 0 Å². The summed E-state index contributed by atoms with van der Waals surface area (Å²) in [5.74, 6) is 0.516. The fraction of sp³-hybridized carbons (Fsp3) is 0.188. The molecule has 0 aliphatic rings. The SMILES string of the molecule is CCc1ccc(Cn2c(N)nc3cc(Cl)ccc32)cc1. The maximum absolute atomic E-state index is 6.02. The molecule has 0 saturated heterocycles. The quantitative estimate of drug-likeness (QED) is 0.793. The number of fused-ring (bicyclic) bond motifs is 1. The summed E-state index contributed by atoms with van der Waals surface area (Å²) in [7, 11) is 0. The Morgan fingerprint density at radius 2 is 1.80 bits per heavy atom. The average molecular weight is 286 g/mol. The Hall–Kier alpha value is -2.00. The lowest BCUT2D eigenvalue weighted by molar-refractivity contribution is 0.837. The first-order valence-electron chi connectivity index (χ1n) is 6.66. The number of nitrogens with two attached hydrogens (primary N) is 1. The summed E-state index contributed by atoms with van der Waals surface area (Å²) >= 11 is 5.98. The van der Waals surface area contributed by atoms with Gasteiger partial charge in [-0.15, -0.1) is 0 Å². The summed E-state index contributed by atoms with van der Waals surface area (Å²) in [4.78, 5) is 4.36. The van der Waals surface area contributed by atoms with Crippen LogP contribution in [0.25, 0.3) is 11.0 Å². The Kier molecular flexibility index (Phi) is 3.36. The number of imidazole rings is 1. The highest BCUT2D eigenvalue weighted by Crippen LogP contribution is 2.22. The van der Waals surface area contributed by atoms with Gasteiger partial charge in [0.05, 0.1) is 17.6 Å². The fourth-order valence-corrected chi connectivity index (χ4v) is 2.52. The van der Waals surface area contributed by atoms with Crippen molar-refractivity contribution in [1.29, 1.82) is 0 Å². The van der Waals surface area contributed by atoms with E-state index in [0.717, 1.165) is 17.5 Å². The van der Waals surface area contributed by atoms with Crippen LogP contribution < -0.4 is 5.73 Å². The van der Waals surface area contributed by atoms with Crippen molar-refractivity contribution in [3.63, 3.8) is 0 Å². The molecule has 102 valence electrons.